The fraction of sp³-hybridized carbons (Fsp3) is 0.250. The van der Waals surface area contributed by atoms with Crippen molar-refractivity contribution >= 4 is 17.3 Å². The van der Waals surface area contributed by atoms with Crippen molar-refractivity contribution in [1.82, 2.24) is 4.98 Å². The summed E-state index contributed by atoms with van der Waals surface area (Å²) in [5, 5.41) is 8.70. The Balaban J connectivity index is 3.21. The fourth-order valence-corrected chi connectivity index (χ4v) is 1.18. The molecule has 86 valence electrons. The number of nitriles is 1. The lowest BCUT2D eigenvalue weighted by Crippen LogP contribution is -2.19. The van der Waals surface area contributed by atoms with Gasteiger partial charge in [-0.3, -0.25) is 0 Å². The Morgan fingerprint density at radius 1 is 1.56 bits per heavy atom. The van der Waals surface area contributed by atoms with Crippen LogP contribution in [0.3, 0.4) is 0 Å². The number of ether oxygens (including phenoxy) is 1. The zero-order chi connectivity index (χ0) is 12.3. The maximum absolute atomic E-state index is 11.9. The molecule has 8 heteroatoms. The summed E-state index contributed by atoms with van der Waals surface area (Å²) >= 11 is 5.46. The average molecular weight is 252 g/mol. The Morgan fingerprint density at radius 2 is 2.19 bits per heavy atom. The summed E-state index contributed by atoms with van der Waals surface area (Å²) in [6, 6.07) is 1.64. The monoisotopic (exact) mass is 251 g/mol. The molecule has 16 heavy (non-hydrogen) atoms. The van der Waals surface area contributed by atoms with E-state index in [9.17, 15) is 13.2 Å². The fourth-order valence-electron chi connectivity index (χ4n) is 0.975. The van der Waals surface area contributed by atoms with E-state index in [1.807, 2.05) is 0 Å². The SMILES string of the molecule is N#Cc1c(CCl)cnc(OC(F)(F)F)c1N. The number of hydrogen-bond donors (Lipinski definition) is 1. The Labute approximate surface area is 93.4 Å². The Morgan fingerprint density at radius 3 is 2.62 bits per heavy atom. The van der Waals surface area contributed by atoms with E-state index in [1.165, 1.54) is 0 Å². The van der Waals surface area contributed by atoms with Gasteiger partial charge in [0.25, 0.3) is 0 Å². The van der Waals surface area contributed by atoms with Gasteiger partial charge in [0.1, 0.15) is 11.8 Å². The van der Waals surface area contributed by atoms with Gasteiger partial charge in [0, 0.05) is 11.8 Å². The van der Waals surface area contributed by atoms with Gasteiger partial charge in [0.2, 0.25) is 5.88 Å². The third kappa shape index (κ3) is 2.67. The van der Waals surface area contributed by atoms with Gasteiger partial charge in [-0.2, -0.15) is 5.26 Å². The lowest BCUT2D eigenvalue weighted by molar-refractivity contribution is -0.275. The summed E-state index contributed by atoms with van der Waals surface area (Å²) in [6.07, 6.45) is -3.89. The van der Waals surface area contributed by atoms with Gasteiger partial charge in [-0.1, -0.05) is 0 Å². The van der Waals surface area contributed by atoms with Crippen LogP contribution >= 0.6 is 11.6 Å². The molecule has 0 saturated carbocycles. The highest BCUT2D eigenvalue weighted by Crippen LogP contribution is 2.30. The molecule has 0 saturated heterocycles. The molecule has 0 spiro atoms. The highest BCUT2D eigenvalue weighted by molar-refractivity contribution is 6.17. The molecule has 0 amide bonds. The standard InChI is InChI=1S/C8H5ClF3N3O/c9-1-4-3-15-7(16-8(10,11)12)6(14)5(4)2-13/h3H,1,14H2. The van der Waals surface area contributed by atoms with E-state index >= 15 is 0 Å². The van der Waals surface area contributed by atoms with Crippen LogP contribution in [0.15, 0.2) is 6.20 Å². The predicted octanol–water partition coefficient (Wildman–Crippen LogP) is 2.17. The first-order chi connectivity index (χ1) is 7.39. The molecule has 0 aliphatic rings. The van der Waals surface area contributed by atoms with Gasteiger partial charge < -0.3 is 10.5 Å². The average Bonchev–Trinajstić information content (AvgIpc) is 2.19. The van der Waals surface area contributed by atoms with Crippen molar-refractivity contribution in [1.29, 1.82) is 5.26 Å². The highest BCUT2D eigenvalue weighted by Gasteiger charge is 2.33. The molecule has 0 unspecified atom stereocenters. The minimum Gasteiger partial charge on any atom is -0.393 e. The summed E-state index contributed by atoms with van der Waals surface area (Å²) in [4.78, 5) is 3.34. The number of rotatable bonds is 2. The van der Waals surface area contributed by atoms with Crippen molar-refractivity contribution in [2.45, 2.75) is 12.2 Å². The van der Waals surface area contributed by atoms with Crippen LogP contribution in [0.4, 0.5) is 18.9 Å². The van der Waals surface area contributed by atoms with Crippen LogP contribution in [0.5, 0.6) is 5.88 Å². The zero-order valence-corrected chi connectivity index (χ0v) is 8.43. The van der Waals surface area contributed by atoms with E-state index in [4.69, 9.17) is 22.6 Å². The smallest absolute Gasteiger partial charge is 0.393 e. The maximum Gasteiger partial charge on any atom is 0.574 e. The van der Waals surface area contributed by atoms with Gasteiger partial charge in [0.05, 0.1) is 11.4 Å². The molecule has 1 rings (SSSR count). The molecule has 0 aromatic carbocycles. The van der Waals surface area contributed by atoms with Gasteiger partial charge in [0.15, 0.2) is 0 Å². The molecule has 1 heterocycles. The molecule has 0 aliphatic carbocycles. The van der Waals surface area contributed by atoms with Crippen LogP contribution in [-0.2, 0) is 5.88 Å². The van der Waals surface area contributed by atoms with E-state index in [1.54, 1.807) is 6.07 Å². The van der Waals surface area contributed by atoms with Gasteiger partial charge in [-0.05, 0) is 0 Å². The number of anilines is 1. The molecule has 1 aromatic rings. The van der Waals surface area contributed by atoms with E-state index in [2.05, 4.69) is 9.72 Å². The van der Waals surface area contributed by atoms with Crippen molar-refractivity contribution in [3.8, 4) is 11.9 Å². The Kier molecular flexibility index (Phi) is 3.44. The normalized spacial score (nSPS) is 10.9. The molecule has 0 aliphatic heterocycles. The third-order valence-corrected chi connectivity index (χ3v) is 1.91. The maximum atomic E-state index is 11.9. The molecular formula is C8H5ClF3N3O. The highest BCUT2D eigenvalue weighted by atomic mass is 35.5. The number of nitrogens with two attached hydrogens (primary N) is 1. The summed E-state index contributed by atoms with van der Waals surface area (Å²) in [5.74, 6) is -0.926. The number of halogens is 4. The first kappa shape index (κ1) is 12.4. The molecule has 0 radical (unpaired) electrons. The first-order valence-corrected chi connectivity index (χ1v) is 4.41. The lowest BCUT2D eigenvalue weighted by Gasteiger charge is -2.11. The quantitative estimate of drug-likeness (QED) is 0.818. The molecule has 0 bridgehead atoms. The largest absolute Gasteiger partial charge is 0.574 e. The molecule has 1 aromatic heterocycles. The second kappa shape index (κ2) is 4.45. The Hall–Kier alpha value is -1.68. The van der Waals surface area contributed by atoms with Crippen LogP contribution in [0.25, 0.3) is 0 Å². The molecule has 0 fully saturated rings. The number of alkyl halides is 4. The minimum atomic E-state index is -4.91. The van der Waals surface area contributed by atoms with E-state index in [-0.39, 0.29) is 17.0 Å². The first-order valence-electron chi connectivity index (χ1n) is 3.88. The van der Waals surface area contributed by atoms with Crippen LogP contribution in [0.1, 0.15) is 11.1 Å². The van der Waals surface area contributed by atoms with Gasteiger partial charge >= 0.3 is 6.36 Å². The van der Waals surface area contributed by atoms with E-state index in [0.29, 0.717) is 0 Å². The predicted molar refractivity (Wildman–Crippen MR) is 49.6 cm³/mol. The molecule has 2 N–H and O–H groups in total. The van der Waals surface area contributed by atoms with Crippen molar-refractivity contribution < 1.29 is 17.9 Å². The number of pyridine rings is 1. The van der Waals surface area contributed by atoms with Crippen molar-refractivity contribution in [2.24, 2.45) is 0 Å². The summed E-state index contributed by atoms with van der Waals surface area (Å²) in [6.45, 7) is 0. The van der Waals surface area contributed by atoms with Crippen LogP contribution < -0.4 is 10.5 Å². The molecule has 4 nitrogen and oxygen atoms in total. The van der Waals surface area contributed by atoms with Gasteiger partial charge in [-0.15, -0.1) is 24.8 Å². The third-order valence-electron chi connectivity index (χ3n) is 1.63. The number of nitrogens with zero attached hydrogens (tertiary/aromatic N) is 2. The zero-order valence-electron chi connectivity index (χ0n) is 7.68. The Bertz CT molecular complexity index is 441. The molecular weight excluding hydrogens is 247 g/mol. The van der Waals surface area contributed by atoms with Crippen LogP contribution in [0, 0.1) is 11.3 Å². The number of aromatic nitrogens is 1. The molecule has 0 atom stereocenters. The van der Waals surface area contributed by atoms with Crippen molar-refractivity contribution in [2.75, 3.05) is 5.73 Å². The second-order valence-electron chi connectivity index (χ2n) is 2.67. The minimum absolute atomic E-state index is 0.0770. The van der Waals surface area contributed by atoms with Crippen molar-refractivity contribution in [3.63, 3.8) is 0 Å². The van der Waals surface area contributed by atoms with Gasteiger partial charge in [-0.25, -0.2) is 4.98 Å². The van der Waals surface area contributed by atoms with Crippen molar-refractivity contribution in [3.05, 3.63) is 17.3 Å². The van der Waals surface area contributed by atoms with E-state index < -0.39 is 17.9 Å². The van der Waals surface area contributed by atoms with Crippen LogP contribution in [0.2, 0.25) is 0 Å². The van der Waals surface area contributed by atoms with E-state index in [0.717, 1.165) is 6.20 Å². The summed E-state index contributed by atoms with van der Waals surface area (Å²) in [5.41, 5.74) is 4.92. The van der Waals surface area contributed by atoms with Crippen LogP contribution in [-0.4, -0.2) is 11.3 Å². The number of nitrogen functional groups attached to an aromatic ring is 1. The summed E-state index contributed by atoms with van der Waals surface area (Å²) in [7, 11) is 0. The number of hydrogen-bond acceptors (Lipinski definition) is 4. The summed E-state index contributed by atoms with van der Waals surface area (Å²) < 4.78 is 39.3. The lowest BCUT2D eigenvalue weighted by atomic mass is 10.1. The second-order valence-corrected chi connectivity index (χ2v) is 2.94. The topological polar surface area (TPSA) is 71.9 Å².